The number of hydrogen-bond donors (Lipinski definition) is 0. The molecule has 0 aliphatic heterocycles. The molecule has 0 bridgehead atoms. The first-order valence-electron chi connectivity index (χ1n) is 13.0. The summed E-state index contributed by atoms with van der Waals surface area (Å²) in [5, 5.41) is 0.591. The number of sulfonamides is 1. The van der Waals surface area contributed by atoms with E-state index in [0.29, 0.717) is 29.5 Å². The minimum atomic E-state index is -3.79. The number of rotatable bonds is 12. The summed E-state index contributed by atoms with van der Waals surface area (Å²) in [6, 6.07) is 20.8. The predicted octanol–water partition coefficient (Wildman–Crippen LogP) is 5.93. The van der Waals surface area contributed by atoms with Crippen LogP contribution in [0.4, 0.5) is 10.8 Å². The van der Waals surface area contributed by atoms with Crippen LogP contribution in [-0.4, -0.2) is 64.0 Å². The van der Waals surface area contributed by atoms with Crippen molar-refractivity contribution in [3.63, 3.8) is 0 Å². The molecule has 0 fully saturated rings. The van der Waals surface area contributed by atoms with Crippen molar-refractivity contribution in [2.45, 2.75) is 25.7 Å². The number of para-hydroxylation sites is 1. The number of carbonyl (C=O) groups is 1. The quantitative estimate of drug-likeness (QED) is 0.200. The lowest BCUT2D eigenvalue weighted by Gasteiger charge is -2.25. The van der Waals surface area contributed by atoms with E-state index >= 15 is 0 Å². The van der Waals surface area contributed by atoms with Crippen molar-refractivity contribution in [3.05, 3.63) is 78.4 Å². The maximum Gasteiger partial charge on any atom is 0.264 e. The van der Waals surface area contributed by atoms with E-state index in [1.165, 1.54) is 27.8 Å². The highest BCUT2D eigenvalue weighted by atomic mass is 35.5. The molecule has 214 valence electrons. The van der Waals surface area contributed by atoms with E-state index in [1.54, 1.807) is 55.3 Å². The Balaban J connectivity index is 0.00000441. The van der Waals surface area contributed by atoms with Gasteiger partial charge >= 0.3 is 0 Å². The van der Waals surface area contributed by atoms with Crippen LogP contribution in [0, 0.1) is 0 Å². The fraction of sp³-hybridized carbons (Fsp3) is 0.310. The SMILES string of the molecule is CCN(CC)CCN(C(=O)c1ccc(S(=O)(=O)N(CC)c2ccccc2)cc1)c1nc2ccc(OC)cc2s1.Cl. The Morgan fingerprint density at radius 2 is 1.57 bits per heavy atom. The number of amides is 1. The van der Waals surface area contributed by atoms with E-state index in [1.807, 2.05) is 24.3 Å². The summed E-state index contributed by atoms with van der Waals surface area (Å²) in [4.78, 5) is 22.6. The van der Waals surface area contributed by atoms with Crippen LogP contribution in [-0.2, 0) is 10.0 Å². The number of nitrogens with zero attached hydrogens (tertiary/aromatic N) is 4. The fourth-order valence-electron chi connectivity index (χ4n) is 4.34. The number of benzene rings is 3. The van der Waals surface area contributed by atoms with Crippen molar-refractivity contribution in [1.29, 1.82) is 0 Å². The molecule has 0 unspecified atom stereocenters. The molecule has 0 aliphatic rings. The van der Waals surface area contributed by atoms with E-state index < -0.39 is 10.0 Å². The van der Waals surface area contributed by atoms with Crippen molar-refractivity contribution in [3.8, 4) is 5.75 Å². The smallest absolute Gasteiger partial charge is 0.264 e. The zero-order valence-electron chi connectivity index (χ0n) is 23.1. The topological polar surface area (TPSA) is 83.1 Å². The van der Waals surface area contributed by atoms with Gasteiger partial charge in [0.15, 0.2) is 5.13 Å². The number of carbonyl (C=O) groups excluding carboxylic acids is 1. The zero-order valence-corrected chi connectivity index (χ0v) is 25.6. The van der Waals surface area contributed by atoms with Crippen LogP contribution in [0.15, 0.2) is 77.7 Å². The average molecular weight is 603 g/mol. The highest BCUT2D eigenvalue weighted by molar-refractivity contribution is 7.92. The number of hydrogen-bond acceptors (Lipinski definition) is 7. The summed E-state index contributed by atoms with van der Waals surface area (Å²) in [7, 11) is -2.17. The Labute approximate surface area is 246 Å². The molecule has 8 nitrogen and oxygen atoms in total. The maximum absolute atomic E-state index is 13.8. The van der Waals surface area contributed by atoms with Gasteiger partial charge in [-0.3, -0.25) is 14.0 Å². The molecule has 1 amide bonds. The Bertz CT molecular complexity index is 1510. The van der Waals surface area contributed by atoms with E-state index in [-0.39, 0.29) is 29.8 Å². The van der Waals surface area contributed by atoms with Crippen LogP contribution in [0.2, 0.25) is 0 Å². The van der Waals surface area contributed by atoms with Gasteiger partial charge in [0.2, 0.25) is 0 Å². The summed E-state index contributed by atoms with van der Waals surface area (Å²) in [6.07, 6.45) is 0. The molecule has 11 heteroatoms. The van der Waals surface area contributed by atoms with Crippen LogP contribution in [0.25, 0.3) is 10.2 Å². The van der Waals surface area contributed by atoms with Crippen LogP contribution in [0.5, 0.6) is 5.75 Å². The number of likely N-dealkylation sites (N-methyl/N-ethyl adjacent to an activating group) is 1. The zero-order chi connectivity index (χ0) is 28.0. The molecule has 0 spiro atoms. The monoisotopic (exact) mass is 602 g/mol. The van der Waals surface area contributed by atoms with Crippen LogP contribution >= 0.6 is 23.7 Å². The number of fused-ring (bicyclic) bond motifs is 1. The van der Waals surface area contributed by atoms with Gasteiger partial charge in [-0.15, -0.1) is 12.4 Å². The summed E-state index contributed by atoms with van der Waals surface area (Å²) in [6.45, 7) is 9.15. The molecule has 0 N–H and O–H groups in total. The first-order valence-corrected chi connectivity index (χ1v) is 15.2. The van der Waals surface area contributed by atoms with Gasteiger partial charge in [0, 0.05) is 25.2 Å². The summed E-state index contributed by atoms with van der Waals surface area (Å²) in [5.41, 5.74) is 1.78. The third kappa shape index (κ3) is 6.75. The van der Waals surface area contributed by atoms with E-state index in [9.17, 15) is 13.2 Å². The number of halogens is 1. The molecule has 40 heavy (non-hydrogen) atoms. The lowest BCUT2D eigenvalue weighted by Crippen LogP contribution is -2.39. The fourth-order valence-corrected chi connectivity index (χ4v) is 6.83. The first-order chi connectivity index (χ1) is 18.8. The molecular formula is C29H35ClN4O4S2. The number of aromatic nitrogens is 1. The second-order valence-electron chi connectivity index (χ2n) is 8.84. The number of ether oxygens (including phenoxy) is 1. The van der Waals surface area contributed by atoms with E-state index in [4.69, 9.17) is 9.72 Å². The first kappa shape index (κ1) is 31.3. The average Bonchev–Trinajstić information content (AvgIpc) is 3.39. The van der Waals surface area contributed by atoms with Gasteiger partial charge in [-0.1, -0.05) is 43.4 Å². The summed E-state index contributed by atoms with van der Waals surface area (Å²) < 4.78 is 34.4. The molecule has 4 aromatic rings. The van der Waals surface area contributed by atoms with Crippen LogP contribution in [0.1, 0.15) is 31.1 Å². The normalized spacial score (nSPS) is 11.3. The molecule has 3 aromatic carbocycles. The van der Waals surface area contributed by atoms with Crippen molar-refractivity contribution < 1.29 is 17.9 Å². The lowest BCUT2D eigenvalue weighted by molar-refractivity contribution is 0.0983. The Morgan fingerprint density at radius 1 is 0.900 bits per heavy atom. The molecule has 0 aliphatic carbocycles. The highest BCUT2D eigenvalue weighted by Crippen LogP contribution is 2.32. The maximum atomic E-state index is 13.8. The second-order valence-corrected chi connectivity index (χ2v) is 11.7. The Morgan fingerprint density at radius 3 is 2.17 bits per heavy atom. The molecule has 0 radical (unpaired) electrons. The minimum absolute atomic E-state index is 0. The molecule has 4 rings (SSSR count). The number of thiazole rings is 1. The Hall–Kier alpha value is -3.18. The Kier molecular flexibility index (Phi) is 10.9. The second kappa shape index (κ2) is 13.9. The van der Waals surface area contributed by atoms with Crippen LogP contribution < -0.4 is 13.9 Å². The minimum Gasteiger partial charge on any atom is -0.497 e. The standard InChI is InChI=1S/C29H34N4O4S2.ClH/c1-5-31(6-2)19-20-32(29-30-26-18-15-24(37-4)21-27(26)38-29)28(34)22-13-16-25(17-14-22)39(35,36)33(7-3)23-11-9-8-10-12-23;/h8-18,21H,5-7,19-20H2,1-4H3;1H. The molecule has 1 aromatic heterocycles. The van der Waals surface area contributed by atoms with Crippen molar-refractivity contribution >= 4 is 60.7 Å². The van der Waals surface area contributed by atoms with E-state index in [2.05, 4.69) is 18.7 Å². The molecule has 1 heterocycles. The van der Waals surface area contributed by atoms with Gasteiger partial charge in [-0.2, -0.15) is 0 Å². The van der Waals surface area contributed by atoms with Crippen LogP contribution in [0.3, 0.4) is 0 Å². The summed E-state index contributed by atoms with van der Waals surface area (Å²) >= 11 is 1.43. The highest BCUT2D eigenvalue weighted by Gasteiger charge is 2.26. The third-order valence-corrected chi connectivity index (χ3v) is 9.57. The van der Waals surface area contributed by atoms with Gasteiger partial charge in [0.25, 0.3) is 15.9 Å². The lowest BCUT2D eigenvalue weighted by atomic mass is 10.2. The molecule has 0 saturated carbocycles. The number of anilines is 2. The van der Waals surface area contributed by atoms with Crippen molar-refractivity contribution in [2.24, 2.45) is 0 Å². The van der Waals surface area contributed by atoms with Gasteiger partial charge in [-0.05, 0) is 74.6 Å². The van der Waals surface area contributed by atoms with Crippen molar-refractivity contribution in [1.82, 2.24) is 9.88 Å². The predicted molar refractivity (Wildman–Crippen MR) is 166 cm³/mol. The number of methoxy groups -OCH3 is 1. The van der Waals surface area contributed by atoms with Gasteiger partial charge in [-0.25, -0.2) is 13.4 Å². The van der Waals surface area contributed by atoms with Gasteiger partial charge < -0.3 is 9.64 Å². The van der Waals surface area contributed by atoms with Gasteiger partial charge in [0.1, 0.15) is 5.75 Å². The summed E-state index contributed by atoms with van der Waals surface area (Å²) in [5.74, 6) is 0.500. The van der Waals surface area contributed by atoms with Crippen molar-refractivity contribution in [2.75, 3.05) is 49.0 Å². The largest absolute Gasteiger partial charge is 0.497 e. The third-order valence-electron chi connectivity index (χ3n) is 6.62. The molecule has 0 saturated heterocycles. The van der Waals surface area contributed by atoms with E-state index in [0.717, 1.165) is 29.1 Å². The molecule has 0 atom stereocenters. The molecular weight excluding hydrogens is 568 g/mol. The van der Waals surface area contributed by atoms with Gasteiger partial charge in [0.05, 0.1) is 27.9 Å².